The van der Waals surface area contributed by atoms with Gasteiger partial charge in [-0.15, -0.1) is 0 Å². The first-order valence-electron chi connectivity index (χ1n) is 7.04. The Morgan fingerprint density at radius 2 is 2.11 bits per heavy atom. The lowest BCUT2D eigenvalue weighted by Crippen LogP contribution is -2.23. The van der Waals surface area contributed by atoms with E-state index < -0.39 is 0 Å². The van der Waals surface area contributed by atoms with Crippen molar-refractivity contribution in [3.8, 4) is 0 Å². The van der Waals surface area contributed by atoms with E-state index in [0.717, 1.165) is 5.69 Å². The number of anilines is 2. The first kappa shape index (κ1) is 13.7. The van der Waals surface area contributed by atoms with Crippen molar-refractivity contribution in [3.63, 3.8) is 0 Å². The van der Waals surface area contributed by atoms with Gasteiger partial charge < -0.3 is 15.8 Å². The quantitative estimate of drug-likeness (QED) is 0.646. The fourth-order valence-electron chi connectivity index (χ4n) is 2.54. The lowest BCUT2D eigenvalue weighted by molar-refractivity contribution is 0.0527. The van der Waals surface area contributed by atoms with Crippen molar-refractivity contribution in [2.75, 3.05) is 17.7 Å². The van der Waals surface area contributed by atoms with Crippen molar-refractivity contribution >= 4 is 17.3 Å². The van der Waals surface area contributed by atoms with Gasteiger partial charge in [-0.1, -0.05) is 25.3 Å². The van der Waals surface area contributed by atoms with Crippen LogP contribution in [0.4, 0.5) is 11.4 Å². The molecular formula is C15H22N2O2. The molecule has 0 spiro atoms. The molecule has 0 unspecified atom stereocenters. The maximum Gasteiger partial charge on any atom is 0.340 e. The summed E-state index contributed by atoms with van der Waals surface area (Å²) >= 11 is 0. The molecule has 1 aliphatic rings. The number of hydrogen-bond acceptors (Lipinski definition) is 4. The number of carbonyl (C=O) groups is 1. The summed E-state index contributed by atoms with van der Waals surface area (Å²) in [4.78, 5) is 11.8. The summed E-state index contributed by atoms with van der Waals surface area (Å²) in [5.41, 5.74) is 7.85. The van der Waals surface area contributed by atoms with Crippen LogP contribution in [0.3, 0.4) is 0 Å². The Morgan fingerprint density at radius 1 is 1.37 bits per heavy atom. The van der Waals surface area contributed by atoms with E-state index in [1.807, 2.05) is 12.1 Å². The third kappa shape index (κ3) is 3.40. The van der Waals surface area contributed by atoms with Gasteiger partial charge in [-0.2, -0.15) is 0 Å². The van der Waals surface area contributed by atoms with Crippen LogP contribution < -0.4 is 11.1 Å². The fourth-order valence-corrected chi connectivity index (χ4v) is 2.54. The van der Waals surface area contributed by atoms with Gasteiger partial charge >= 0.3 is 5.97 Å². The second-order valence-electron chi connectivity index (χ2n) is 4.97. The molecule has 4 heteroatoms. The van der Waals surface area contributed by atoms with Crippen molar-refractivity contribution in [2.45, 2.75) is 45.1 Å². The number of hydrogen-bond donors (Lipinski definition) is 2. The van der Waals surface area contributed by atoms with Crippen molar-refractivity contribution in [1.82, 2.24) is 0 Å². The molecule has 4 nitrogen and oxygen atoms in total. The van der Waals surface area contributed by atoms with Gasteiger partial charge in [0, 0.05) is 6.04 Å². The van der Waals surface area contributed by atoms with Crippen LogP contribution in [0.1, 0.15) is 49.4 Å². The first-order valence-corrected chi connectivity index (χ1v) is 7.04. The third-order valence-electron chi connectivity index (χ3n) is 3.57. The zero-order chi connectivity index (χ0) is 13.7. The van der Waals surface area contributed by atoms with Gasteiger partial charge in [-0.3, -0.25) is 0 Å². The number of benzene rings is 1. The Morgan fingerprint density at radius 3 is 2.79 bits per heavy atom. The molecule has 0 heterocycles. The molecule has 19 heavy (non-hydrogen) atoms. The number of nitrogens with two attached hydrogens (primary N) is 1. The van der Waals surface area contributed by atoms with E-state index in [9.17, 15) is 4.79 Å². The van der Waals surface area contributed by atoms with E-state index in [1.54, 1.807) is 13.0 Å². The molecule has 0 bridgehead atoms. The number of rotatable bonds is 4. The van der Waals surface area contributed by atoms with Crippen molar-refractivity contribution in [2.24, 2.45) is 0 Å². The molecular weight excluding hydrogens is 240 g/mol. The summed E-state index contributed by atoms with van der Waals surface area (Å²) < 4.78 is 5.01. The summed E-state index contributed by atoms with van der Waals surface area (Å²) in [7, 11) is 0. The Bertz CT molecular complexity index is 440. The zero-order valence-electron chi connectivity index (χ0n) is 11.4. The highest BCUT2D eigenvalue weighted by molar-refractivity contribution is 5.98. The third-order valence-corrected chi connectivity index (χ3v) is 3.57. The highest BCUT2D eigenvalue weighted by Gasteiger charge is 2.17. The Kier molecular flexibility index (Phi) is 4.66. The first-order chi connectivity index (χ1) is 9.22. The van der Waals surface area contributed by atoms with Gasteiger partial charge in [-0.05, 0) is 31.9 Å². The van der Waals surface area contributed by atoms with Crippen LogP contribution in [0.5, 0.6) is 0 Å². The highest BCUT2D eigenvalue weighted by Crippen LogP contribution is 2.27. The lowest BCUT2D eigenvalue weighted by atomic mass is 9.95. The molecule has 0 aromatic heterocycles. The van der Waals surface area contributed by atoms with E-state index in [2.05, 4.69) is 5.32 Å². The minimum atomic E-state index is -0.354. The van der Waals surface area contributed by atoms with Gasteiger partial charge in [0.15, 0.2) is 0 Å². The molecule has 1 aliphatic carbocycles. The predicted molar refractivity (Wildman–Crippen MR) is 77.3 cm³/mol. The number of carbonyl (C=O) groups excluding carboxylic acids is 1. The van der Waals surface area contributed by atoms with Crippen LogP contribution in [-0.2, 0) is 4.74 Å². The van der Waals surface area contributed by atoms with E-state index in [-0.39, 0.29) is 5.97 Å². The van der Waals surface area contributed by atoms with Crippen LogP contribution in [-0.4, -0.2) is 18.6 Å². The number of esters is 1. The number of nitrogens with one attached hydrogen (secondary N) is 1. The van der Waals surface area contributed by atoms with Crippen molar-refractivity contribution < 1.29 is 9.53 Å². The fraction of sp³-hybridized carbons (Fsp3) is 0.533. The normalized spacial score (nSPS) is 16.1. The molecule has 104 valence electrons. The standard InChI is InChI=1S/C15H22N2O2/c1-2-19-15(18)12-9-6-10-13(14(12)16)17-11-7-4-3-5-8-11/h6,9-11,17H,2-5,7-8,16H2,1H3. The SMILES string of the molecule is CCOC(=O)c1cccc(NC2CCCCC2)c1N. The number of para-hydroxylation sites is 1. The van der Waals surface area contributed by atoms with Gasteiger partial charge in [-0.25, -0.2) is 4.79 Å². The van der Waals surface area contributed by atoms with E-state index in [1.165, 1.54) is 32.1 Å². The molecule has 0 saturated heterocycles. The van der Waals surface area contributed by atoms with Crippen LogP contribution in [0, 0.1) is 0 Å². The smallest absolute Gasteiger partial charge is 0.340 e. The van der Waals surface area contributed by atoms with Crippen LogP contribution in [0.25, 0.3) is 0 Å². The van der Waals surface area contributed by atoms with Crippen LogP contribution in [0.15, 0.2) is 18.2 Å². The number of ether oxygens (including phenoxy) is 1. The van der Waals surface area contributed by atoms with Crippen LogP contribution in [0.2, 0.25) is 0 Å². The second-order valence-corrected chi connectivity index (χ2v) is 4.97. The molecule has 1 aromatic carbocycles. The molecule has 0 radical (unpaired) electrons. The van der Waals surface area contributed by atoms with E-state index >= 15 is 0 Å². The Hall–Kier alpha value is -1.71. The monoisotopic (exact) mass is 262 g/mol. The largest absolute Gasteiger partial charge is 0.462 e. The minimum absolute atomic E-state index is 0.354. The molecule has 0 amide bonds. The summed E-state index contributed by atoms with van der Waals surface area (Å²) in [5, 5.41) is 3.45. The summed E-state index contributed by atoms with van der Waals surface area (Å²) in [6.07, 6.45) is 6.17. The maximum absolute atomic E-state index is 11.8. The Balaban J connectivity index is 2.12. The van der Waals surface area contributed by atoms with Gasteiger partial charge in [0.2, 0.25) is 0 Å². The Labute approximate surface area is 114 Å². The highest BCUT2D eigenvalue weighted by atomic mass is 16.5. The van der Waals surface area contributed by atoms with Crippen LogP contribution >= 0.6 is 0 Å². The van der Waals surface area contributed by atoms with E-state index in [4.69, 9.17) is 10.5 Å². The van der Waals surface area contributed by atoms with Crippen molar-refractivity contribution in [1.29, 1.82) is 0 Å². The topological polar surface area (TPSA) is 64.3 Å². The second kappa shape index (κ2) is 6.45. The van der Waals surface area contributed by atoms with Crippen molar-refractivity contribution in [3.05, 3.63) is 23.8 Å². The van der Waals surface area contributed by atoms with Gasteiger partial charge in [0.05, 0.1) is 23.5 Å². The molecule has 2 rings (SSSR count). The molecule has 1 aromatic rings. The minimum Gasteiger partial charge on any atom is -0.462 e. The molecule has 0 aliphatic heterocycles. The average molecular weight is 262 g/mol. The average Bonchev–Trinajstić information content (AvgIpc) is 2.42. The molecule has 1 saturated carbocycles. The molecule has 3 N–H and O–H groups in total. The summed E-state index contributed by atoms with van der Waals surface area (Å²) in [6.45, 7) is 2.15. The van der Waals surface area contributed by atoms with E-state index in [0.29, 0.717) is 23.9 Å². The number of nitrogen functional groups attached to an aromatic ring is 1. The maximum atomic E-state index is 11.8. The lowest BCUT2D eigenvalue weighted by Gasteiger charge is -2.25. The zero-order valence-corrected chi connectivity index (χ0v) is 11.4. The summed E-state index contributed by atoms with van der Waals surface area (Å²) in [5.74, 6) is -0.354. The molecule has 0 atom stereocenters. The van der Waals surface area contributed by atoms with Gasteiger partial charge in [0.1, 0.15) is 0 Å². The molecule has 1 fully saturated rings. The van der Waals surface area contributed by atoms with Gasteiger partial charge in [0.25, 0.3) is 0 Å². The summed E-state index contributed by atoms with van der Waals surface area (Å²) in [6, 6.07) is 5.94. The predicted octanol–water partition coefficient (Wildman–Crippen LogP) is 3.19.